The van der Waals surface area contributed by atoms with E-state index >= 15 is 0 Å². The third kappa shape index (κ3) is 2.90. The molecule has 0 aromatic heterocycles. The average molecular weight is 349 g/mol. The van der Waals surface area contributed by atoms with Gasteiger partial charge in [-0.15, -0.1) is 0 Å². The molecule has 8 atom stereocenters. The van der Waals surface area contributed by atoms with Gasteiger partial charge < -0.3 is 14.6 Å². The molecule has 0 heterocycles. The molecular weight excluding hydrogens is 312 g/mol. The van der Waals surface area contributed by atoms with E-state index in [4.69, 9.17) is 4.74 Å². The van der Waals surface area contributed by atoms with E-state index in [0.29, 0.717) is 18.4 Å². The van der Waals surface area contributed by atoms with Crippen molar-refractivity contribution in [2.24, 2.45) is 40.9 Å². The summed E-state index contributed by atoms with van der Waals surface area (Å²) in [5.41, 5.74) is -0.321. The van der Waals surface area contributed by atoms with Gasteiger partial charge in [-0.3, -0.25) is 0 Å². The number of methoxy groups -OCH3 is 1. The molecule has 4 aliphatic rings. The number of aldehydes is 1. The Balaban J connectivity index is 1.52. The van der Waals surface area contributed by atoms with Crippen molar-refractivity contribution in [3.8, 4) is 0 Å². The minimum Gasteiger partial charge on any atom is -0.387 e. The number of ether oxygens (including phenoxy) is 1. The quantitative estimate of drug-likeness (QED) is 0.777. The van der Waals surface area contributed by atoms with Gasteiger partial charge in [0.2, 0.25) is 0 Å². The van der Waals surface area contributed by atoms with Crippen molar-refractivity contribution in [2.45, 2.75) is 76.7 Å². The maximum Gasteiger partial charge on any atom is 0.123 e. The maximum atomic E-state index is 11.7. The van der Waals surface area contributed by atoms with Crippen molar-refractivity contribution in [1.29, 1.82) is 0 Å². The number of aliphatic hydroxyl groups is 1. The van der Waals surface area contributed by atoms with Crippen molar-refractivity contribution < 1.29 is 14.6 Å². The number of hydrogen-bond acceptors (Lipinski definition) is 3. The fraction of sp³-hybridized carbons (Fsp3) is 0.955. The first-order valence-corrected chi connectivity index (χ1v) is 10.7. The first-order valence-electron chi connectivity index (χ1n) is 10.7. The van der Waals surface area contributed by atoms with Gasteiger partial charge >= 0.3 is 0 Å². The molecule has 0 radical (unpaired) electrons. The summed E-state index contributed by atoms with van der Waals surface area (Å²) in [7, 11) is 1.70. The average Bonchev–Trinajstić information content (AvgIpc) is 2.60. The van der Waals surface area contributed by atoms with Crippen molar-refractivity contribution >= 4 is 6.29 Å². The summed E-state index contributed by atoms with van der Waals surface area (Å²) in [5.74, 6) is 4.21. The predicted molar refractivity (Wildman–Crippen MR) is 98.1 cm³/mol. The molecule has 0 aromatic rings. The summed E-state index contributed by atoms with van der Waals surface area (Å²) in [5, 5.41) is 10.8. The molecule has 4 fully saturated rings. The monoisotopic (exact) mass is 348 g/mol. The molecule has 4 rings (SSSR count). The van der Waals surface area contributed by atoms with Crippen molar-refractivity contribution in [2.75, 3.05) is 13.7 Å². The van der Waals surface area contributed by atoms with Crippen LogP contribution in [0, 0.1) is 40.9 Å². The highest BCUT2D eigenvalue weighted by Crippen LogP contribution is 2.62. The van der Waals surface area contributed by atoms with E-state index < -0.39 is 5.60 Å². The van der Waals surface area contributed by atoms with Crippen LogP contribution in [0.1, 0.15) is 71.1 Å². The lowest BCUT2D eigenvalue weighted by Crippen LogP contribution is -2.54. The maximum absolute atomic E-state index is 11.7. The Bertz CT molecular complexity index is 506. The Morgan fingerprint density at radius 1 is 1.04 bits per heavy atom. The molecule has 0 spiro atoms. The Hall–Kier alpha value is -0.410. The second kappa shape index (κ2) is 6.64. The smallest absolute Gasteiger partial charge is 0.123 e. The van der Waals surface area contributed by atoms with E-state index in [1.807, 2.05) is 0 Å². The zero-order valence-corrected chi connectivity index (χ0v) is 16.1. The highest BCUT2D eigenvalue weighted by atomic mass is 16.5. The molecule has 4 saturated carbocycles. The van der Waals surface area contributed by atoms with Crippen LogP contribution in [0.4, 0.5) is 0 Å². The van der Waals surface area contributed by atoms with Gasteiger partial charge in [-0.2, -0.15) is 0 Å². The summed E-state index contributed by atoms with van der Waals surface area (Å²) in [6.45, 7) is 2.92. The van der Waals surface area contributed by atoms with Crippen LogP contribution >= 0.6 is 0 Å². The van der Waals surface area contributed by atoms with E-state index in [1.165, 1.54) is 51.2 Å². The topological polar surface area (TPSA) is 46.5 Å². The molecule has 0 aliphatic heterocycles. The molecule has 3 nitrogen and oxygen atoms in total. The standard InChI is InChI=1S/C22H36O3/c1-21-10-8-18-17-9-11-22(24,14-25-2)12-15(17)6-7-19(18)20(21)5-3-4-16(21)13-23/h13,15-20,24H,3-12,14H2,1-2H3/t15-,16-,17+,18-,19-,20+,21-,22-/m1/s1. The van der Waals surface area contributed by atoms with Crippen molar-refractivity contribution in [3.05, 3.63) is 0 Å². The van der Waals surface area contributed by atoms with Crippen molar-refractivity contribution in [1.82, 2.24) is 0 Å². The number of hydrogen-bond donors (Lipinski definition) is 1. The second-order valence-corrected chi connectivity index (χ2v) is 10.1. The second-order valence-electron chi connectivity index (χ2n) is 10.1. The van der Waals surface area contributed by atoms with Crippen molar-refractivity contribution in [3.63, 3.8) is 0 Å². The molecular formula is C22H36O3. The lowest BCUT2D eigenvalue weighted by Gasteiger charge is -2.60. The number of carbonyl (C=O) groups excluding carboxylic acids is 1. The lowest BCUT2D eigenvalue weighted by atomic mass is 9.45. The van der Waals surface area contributed by atoms with Gasteiger partial charge in [0.15, 0.2) is 0 Å². The molecule has 0 saturated heterocycles. The molecule has 1 N–H and O–H groups in total. The van der Waals surface area contributed by atoms with E-state index in [0.717, 1.165) is 42.9 Å². The van der Waals surface area contributed by atoms with E-state index in [1.54, 1.807) is 7.11 Å². The summed E-state index contributed by atoms with van der Waals surface area (Å²) in [4.78, 5) is 11.7. The Morgan fingerprint density at radius 2 is 1.84 bits per heavy atom. The lowest BCUT2D eigenvalue weighted by molar-refractivity contribution is -0.146. The fourth-order valence-electron chi connectivity index (χ4n) is 7.83. The third-order valence-corrected chi connectivity index (χ3v) is 9.00. The minimum atomic E-state index is -0.584. The van der Waals surface area contributed by atoms with Crippen LogP contribution in [0.15, 0.2) is 0 Å². The first kappa shape index (κ1) is 18.0. The molecule has 142 valence electrons. The van der Waals surface area contributed by atoms with Crippen LogP contribution in [-0.4, -0.2) is 30.7 Å². The Labute approximate surface area is 152 Å². The summed E-state index contributed by atoms with van der Waals surface area (Å²) in [6, 6.07) is 0. The van der Waals surface area contributed by atoms with Crippen LogP contribution in [0.25, 0.3) is 0 Å². The van der Waals surface area contributed by atoms with Gasteiger partial charge in [0.05, 0.1) is 12.2 Å². The van der Waals surface area contributed by atoms with Gasteiger partial charge in [0.25, 0.3) is 0 Å². The third-order valence-electron chi connectivity index (χ3n) is 9.00. The van der Waals surface area contributed by atoms with Gasteiger partial charge in [0.1, 0.15) is 6.29 Å². The number of carbonyl (C=O) groups is 1. The zero-order chi connectivity index (χ0) is 17.7. The zero-order valence-electron chi connectivity index (χ0n) is 16.1. The number of rotatable bonds is 3. The molecule has 0 aromatic carbocycles. The van der Waals surface area contributed by atoms with Gasteiger partial charge in [-0.05, 0) is 92.8 Å². The van der Waals surface area contributed by atoms with E-state index in [-0.39, 0.29) is 5.41 Å². The Morgan fingerprint density at radius 3 is 2.60 bits per heavy atom. The van der Waals surface area contributed by atoms with Gasteiger partial charge in [-0.25, -0.2) is 0 Å². The SMILES string of the molecule is COC[C@@]1(O)CC[C@H]2[C@H](CC[C@@H]3[C@@H]2CC[C@]2(C)[C@@H](C=O)CCC[C@@H]32)C1. The van der Waals surface area contributed by atoms with E-state index in [2.05, 4.69) is 6.92 Å². The summed E-state index contributed by atoms with van der Waals surface area (Å²) in [6.07, 6.45) is 13.1. The first-order chi connectivity index (χ1) is 12.0. The normalized spacial score (nSPS) is 52.6. The molecule has 25 heavy (non-hydrogen) atoms. The predicted octanol–water partition coefficient (Wildman–Crippen LogP) is 4.22. The highest BCUT2D eigenvalue weighted by Gasteiger charge is 2.56. The molecule has 0 amide bonds. The van der Waals surface area contributed by atoms with E-state index in [9.17, 15) is 9.90 Å². The molecule has 3 heteroatoms. The van der Waals surface area contributed by atoms with Crippen LogP contribution in [0.3, 0.4) is 0 Å². The highest BCUT2D eigenvalue weighted by molar-refractivity contribution is 5.55. The molecule has 4 aliphatic carbocycles. The summed E-state index contributed by atoms with van der Waals surface area (Å²) < 4.78 is 5.30. The minimum absolute atomic E-state index is 0.263. The Kier molecular flexibility index (Phi) is 4.77. The summed E-state index contributed by atoms with van der Waals surface area (Å²) >= 11 is 0. The van der Waals surface area contributed by atoms with Crippen LogP contribution < -0.4 is 0 Å². The molecule has 0 bridgehead atoms. The molecule has 0 unspecified atom stereocenters. The largest absolute Gasteiger partial charge is 0.387 e. The van der Waals surface area contributed by atoms with Crippen LogP contribution in [-0.2, 0) is 9.53 Å². The van der Waals surface area contributed by atoms with Gasteiger partial charge in [0, 0.05) is 13.0 Å². The van der Waals surface area contributed by atoms with Crippen LogP contribution in [0.5, 0.6) is 0 Å². The number of fused-ring (bicyclic) bond motifs is 5. The fourth-order valence-corrected chi connectivity index (χ4v) is 7.83. The van der Waals surface area contributed by atoms with Crippen LogP contribution in [0.2, 0.25) is 0 Å². The van der Waals surface area contributed by atoms with Gasteiger partial charge in [-0.1, -0.05) is 13.3 Å².